The van der Waals surface area contributed by atoms with Crippen molar-refractivity contribution >= 4 is 11.8 Å². The summed E-state index contributed by atoms with van der Waals surface area (Å²) in [5, 5.41) is 0. The molecular formula is C13H21FN2S. The fraction of sp³-hybridized carbons (Fsp3) is 0.538. The molecule has 0 fully saturated rings. The number of hydrazine groups is 1. The van der Waals surface area contributed by atoms with E-state index in [1.807, 2.05) is 13.0 Å². The second-order valence-corrected chi connectivity index (χ2v) is 5.75. The van der Waals surface area contributed by atoms with Gasteiger partial charge in [-0.25, -0.2) is 4.39 Å². The van der Waals surface area contributed by atoms with Gasteiger partial charge in [0.2, 0.25) is 0 Å². The molecule has 0 saturated carbocycles. The van der Waals surface area contributed by atoms with Crippen LogP contribution in [0.1, 0.15) is 31.0 Å². The van der Waals surface area contributed by atoms with Crippen molar-refractivity contribution in [3.05, 3.63) is 35.1 Å². The van der Waals surface area contributed by atoms with Crippen molar-refractivity contribution in [1.82, 2.24) is 5.43 Å². The first kappa shape index (κ1) is 14.5. The highest BCUT2D eigenvalue weighted by Gasteiger charge is 2.14. The first-order valence-electron chi connectivity index (χ1n) is 5.84. The number of hydrogen-bond acceptors (Lipinski definition) is 3. The molecule has 17 heavy (non-hydrogen) atoms. The molecule has 4 heteroatoms. The highest BCUT2D eigenvalue weighted by atomic mass is 32.2. The van der Waals surface area contributed by atoms with Gasteiger partial charge in [0.1, 0.15) is 5.82 Å². The number of aryl methyl sites for hydroxylation is 1. The highest BCUT2D eigenvalue weighted by molar-refractivity contribution is 7.99. The Labute approximate surface area is 107 Å². The Bertz CT molecular complexity index is 355. The van der Waals surface area contributed by atoms with Crippen molar-refractivity contribution in [2.45, 2.75) is 26.8 Å². The van der Waals surface area contributed by atoms with Crippen molar-refractivity contribution in [1.29, 1.82) is 0 Å². The lowest BCUT2D eigenvalue weighted by Crippen LogP contribution is -2.30. The predicted octanol–water partition coefficient (Wildman–Crippen LogP) is 3.03. The minimum absolute atomic E-state index is 0.126. The van der Waals surface area contributed by atoms with E-state index in [-0.39, 0.29) is 11.9 Å². The second kappa shape index (κ2) is 6.99. The first-order valence-corrected chi connectivity index (χ1v) is 7.00. The SMILES string of the molecule is Cc1ccc(F)c(C(CSCC(C)C)NN)c1. The van der Waals surface area contributed by atoms with Crippen LogP contribution in [0.4, 0.5) is 4.39 Å². The molecule has 1 unspecified atom stereocenters. The molecule has 0 aliphatic carbocycles. The zero-order valence-corrected chi connectivity index (χ0v) is 11.5. The third kappa shape index (κ3) is 4.66. The molecule has 1 aromatic rings. The van der Waals surface area contributed by atoms with Crippen molar-refractivity contribution in [3.8, 4) is 0 Å². The summed E-state index contributed by atoms with van der Waals surface area (Å²) in [6.07, 6.45) is 0. The van der Waals surface area contributed by atoms with Gasteiger partial charge in [0, 0.05) is 11.3 Å². The number of benzene rings is 1. The average molecular weight is 256 g/mol. The topological polar surface area (TPSA) is 38.0 Å². The van der Waals surface area contributed by atoms with Crippen LogP contribution in [-0.2, 0) is 0 Å². The summed E-state index contributed by atoms with van der Waals surface area (Å²) in [7, 11) is 0. The Morgan fingerprint density at radius 3 is 2.65 bits per heavy atom. The Morgan fingerprint density at radius 2 is 2.06 bits per heavy atom. The Balaban J connectivity index is 2.68. The van der Waals surface area contributed by atoms with Crippen LogP contribution in [0.2, 0.25) is 0 Å². The maximum Gasteiger partial charge on any atom is 0.128 e. The largest absolute Gasteiger partial charge is 0.271 e. The van der Waals surface area contributed by atoms with E-state index in [0.29, 0.717) is 11.5 Å². The van der Waals surface area contributed by atoms with Crippen LogP contribution < -0.4 is 11.3 Å². The van der Waals surface area contributed by atoms with Gasteiger partial charge < -0.3 is 0 Å². The van der Waals surface area contributed by atoms with Gasteiger partial charge >= 0.3 is 0 Å². The van der Waals surface area contributed by atoms with Gasteiger partial charge in [0.15, 0.2) is 0 Å². The fourth-order valence-electron chi connectivity index (χ4n) is 1.58. The van der Waals surface area contributed by atoms with Crippen molar-refractivity contribution in [2.75, 3.05) is 11.5 Å². The van der Waals surface area contributed by atoms with Crippen LogP contribution in [0.3, 0.4) is 0 Å². The lowest BCUT2D eigenvalue weighted by molar-refractivity contribution is 0.545. The summed E-state index contributed by atoms with van der Waals surface area (Å²) >= 11 is 1.79. The van der Waals surface area contributed by atoms with Gasteiger partial charge in [-0.05, 0) is 24.7 Å². The standard InChI is InChI=1S/C13H21FN2S/c1-9(2)7-17-8-13(16-15)11-6-10(3)4-5-12(11)14/h4-6,9,13,16H,7-8,15H2,1-3H3. The average Bonchev–Trinajstić information content (AvgIpc) is 2.28. The van der Waals surface area contributed by atoms with Crippen molar-refractivity contribution < 1.29 is 4.39 Å². The maximum absolute atomic E-state index is 13.7. The third-order valence-electron chi connectivity index (χ3n) is 2.46. The van der Waals surface area contributed by atoms with Gasteiger partial charge in [0.25, 0.3) is 0 Å². The number of thioether (sulfide) groups is 1. The van der Waals surface area contributed by atoms with E-state index in [1.165, 1.54) is 6.07 Å². The molecule has 1 rings (SSSR count). The minimum Gasteiger partial charge on any atom is -0.271 e. The molecule has 0 heterocycles. The minimum atomic E-state index is -0.191. The molecule has 2 nitrogen and oxygen atoms in total. The molecule has 96 valence electrons. The van der Waals surface area contributed by atoms with Crippen molar-refractivity contribution in [3.63, 3.8) is 0 Å². The van der Waals surface area contributed by atoms with E-state index < -0.39 is 0 Å². The molecule has 0 amide bonds. The quantitative estimate of drug-likeness (QED) is 0.607. The number of hydrogen-bond donors (Lipinski definition) is 2. The van der Waals surface area contributed by atoms with Gasteiger partial charge in [-0.3, -0.25) is 11.3 Å². The summed E-state index contributed by atoms with van der Waals surface area (Å²) < 4.78 is 13.7. The van der Waals surface area contributed by atoms with E-state index in [9.17, 15) is 4.39 Å². The maximum atomic E-state index is 13.7. The summed E-state index contributed by atoms with van der Waals surface area (Å²) in [6, 6.07) is 5.00. The monoisotopic (exact) mass is 256 g/mol. The number of nitrogens with two attached hydrogens (primary N) is 1. The first-order chi connectivity index (χ1) is 8.04. The zero-order chi connectivity index (χ0) is 12.8. The Hall–Kier alpha value is -0.580. The normalized spacial score (nSPS) is 13.1. The molecule has 1 aromatic carbocycles. The van der Waals surface area contributed by atoms with Crippen LogP contribution in [0.25, 0.3) is 0 Å². The van der Waals surface area contributed by atoms with E-state index in [0.717, 1.165) is 17.1 Å². The number of halogens is 1. The lowest BCUT2D eigenvalue weighted by atomic mass is 10.1. The summed E-state index contributed by atoms with van der Waals surface area (Å²) in [6.45, 7) is 6.30. The molecule has 0 aliphatic heterocycles. The summed E-state index contributed by atoms with van der Waals surface area (Å²) in [5.74, 6) is 7.81. The Morgan fingerprint density at radius 1 is 1.35 bits per heavy atom. The molecule has 0 aromatic heterocycles. The van der Waals surface area contributed by atoms with Gasteiger partial charge in [-0.1, -0.05) is 31.5 Å². The lowest BCUT2D eigenvalue weighted by Gasteiger charge is -2.17. The van der Waals surface area contributed by atoms with E-state index in [2.05, 4.69) is 19.3 Å². The van der Waals surface area contributed by atoms with Crippen molar-refractivity contribution in [2.24, 2.45) is 11.8 Å². The zero-order valence-electron chi connectivity index (χ0n) is 10.7. The van der Waals surface area contributed by atoms with Gasteiger partial charge in [-0.15, -0.1) is 0 Å². The molecule has 0 aliphatic rings. The highest BCUT2D eigenvalue weighted by Crippen LogP contribution is 2.22. The van der Waals surface area contributed by atoms with Crippen LogP contribution in [-0.4, -0.2) is 11.5 Å². The smallest absolute Gasteiger partial charge is 0.128 e. The molecule has 0 radical (unpaired) electrons. The van der Waals surface area contributed by atoms with E-state index >= 15 is 0 Å². The summed E-state index contributed by atoms with van der Waals surface area (Å²) in [4.78, 5) is 0. The van der Waals surface area contributed by atoms with E-state index in [1.54, 1.807) is 17.8 Å². The predicted molar refractivity (Wildman–Crippen MR) is 73.4 cm³/mol. The van der Waals surface area contributed by atoms with Crippen LogP contribution in [0.15, 0.2) is 18.2 Å². The molecule has 1 atom stereocenters. The molecule has 0 saturated heterocycles. The molecule has 0 bridgehead atoms. The summed E-state index contributed by atoms with van der Waals surface area (Å²) in [5.41, 5.74) is 4.41. The second-order valence-electron chi connectivity index (χ2n) is 4.68. The fourth-order valence-corrected chi connectivity index (χ4v) is 2.70. The molecule has 0 spiro atoms. The number of nitrogens with one attached hydrogen (secondary N) is 1. The van der Waals surface area contributed by atoms with Gasteiger partial charge in [-0.2, -0.15) is 11.8 Å². The van der Waals surface area contributed by atoms with Gasteiger partial charge in [0.05, 0.1) is 6.04 Å². The van der Waals surface area contributed by atoms with Crippen LogP contribution in [0.5, 0.6) is 0 Å². The van der Waals surface area contributed by atoms with E-state index in [4.69, 9.17) is 5.84 Å². The van der Waals surface area contributed by atoms with Crippen LogP contribution >= 0.6 is 11.8 Å². The van der Waals surface area contributed by atoms with Crippen LogP contribution in [0, 0.1) is 18.7 Å². The molecular weight excluding hydrogens is 235 g/mol. The molecule has 3 N–H and O–H groups in total. The third-order valence-corrected chi connectivity index (χ3v) is 3.94. The number of rotatable bonds is 6. The Kier molecular flexibility index (Phi) is 5.95.